The summed E-state index contributed by atoms with van der Waals surface area (Å²) in [6, 6.07) is 9.01. The van der Waals surface area contributed by atoms with Crippen LogP contribution in [-0.4, -0.2) is 59.2 Å². The molecule has 4 heteroatoms. The van der Waals surface area contributed by atoms with Crippen LogP contribution in [0.2, 0.25) is 0 Å². The number of nitrogens with zero attached hydrogens (tertiary/aromatic N) is 1. The molecule has 1 aromatic carbocycles. The van der Waals surface area contributed by atoms with Crippen LogP contribution in [0.15, 0.2) is 30.3 Å². The zero-order valence-electron chi connectivity index (χ0n) is 9.43. The quantitative estimate of drug-likeness (QED) is 0.600. The number of rotatable bonds is 2. The molecule has 0 bridgehead atoms. The van der Waals surface area contributed by atoms with Crippen molar-refractivity contribution >= 4 is 28.5 Å². The number of carbonyl (C=O) groups excluding carboxylic acids is 1. The van der Waals surface area contributed by atoms with Gasteiger partial charge in [0.25, 0.3) is 0 Å². The Morgan fingerprint density at radius 3 is 2.13 bits per heavy atom. The minimum atomic E-state index is -0.224. The van der Waals surface area contributed by atoms with Crippen LogP contribution in [0.5, 0.6) is 0 Å². The zero-order chi connectivity index (χ0) is 11.7. The number of esters is 1. The van der Waals surface area contributed by atoms with Gasteiger partial charge in [0.2, 0.25) is 0 Å². The van der Waals surface area contributed by atoms with Gasteiger partial charge >= 0.3 is 78.5 Å². The summed E-state index contributed by atoms with van der Waals surface area (Å²) in [4.78, 5) is 13.0. The van der Waals surface area contributed by atoms with E-state index in [2.05, 4.69) is 0 Å². The van der Waals surface area contributed by atoms with Crippen molar-refractivity contribution in [3.8, 4) is 0 Å². The minimum absolute atomic E-state index is 0.224. The topological polar surface area (TPSA) is 29.5 Å². The molecule has 0 spiro atoms. The third-order valence-corrected chi connectivity index (χ3v) is 1.70. The van der Waals surface area contributed by atoms with Gasteiger partial charge in [-0.25, -0.2) is 0 Å². The van der Waals surface area contributed by atoms with Gasteiger partial charge in [-0.2, -0.15) is 0 Å². The van der Waals surface area contributed by atoms with Crippen molar-refractivity contribution < 1.29 is 9.53 Å². The first-order valence-corrected chi connectivity index (χ1v) is 6.94. The Morgan fingerprint density at radius 1 is 1.27 bits per heavy atom. The summed E-state index contributed by atoms with van der Waals surface area (Å²) in [6.07, 6.45) is 0. The average molecular weight is 314 g/mol. The van der Waals surface area contributed by atoms with E-state index < -0.39 is 0 Å². The standard InChI is InChI=1S/C8H7O2.C3H9N.Sn.H/c1-10-8(9)7-5-3-2-4-6-7;1-4(2)3;;/h2-6H,1H2;1-3H3;;. The van der Waals surface area contributed by atoms with E-state index >= 15 is 0 Å². The van der Waals surface area contributed by atoms with Gasteiger partial charge in [0.05, 0.1) is 0 Å². The molecule has 3 nitrogen and oxygen atoms in total. The summed E-state index contributed by atoms with van der Waals surface area (Å²) in [5, 5.41) is 0. The predicted octanol–water partition coefficient (Wildman–Crippen LogP) is 0.879. The number of ether oxygens (including phenoxy) is 1. The van der Waals surface area contributed by atoms with E-state index in [9.17, 15) is 4.79 Å². The van der Waals surface area contributed by atoms with Crippen molar-refractivity contribution in [3.63, 3.8) is 0 Å². The molecule has 1 aromatic rings. The summed E-state index contributed by atoms with van der Waals surface area (Å²) < 4.78 is 5.40. The Balaban J connectivity index is 0.000000423. The monoisotopic (exact) mass is 315 g/mol. The molecule has 0 N–H and O–H groups in total. The molecule has 1 rings (SSSR count). The number of carbonyl (C=O) groups is 1. The van der Waals surface area contributed by atoms with E-state index in [-0.39, 0.29) is 5.97 Å². The van der Waals surface area contributed by atoms with E-state index in [1.54, 1.807) is 12.1 Å². The molecule has 0 aromatic heterocycles. The molecule has 0 aliphatic rings. The number of benzene rings is 1. The van der Waals surface area contributed by atoms with Crippen LogP contribution in [0.25, 0.3) is 0 Å². The van der Waals surface area contributed by atoms with Crippen LogP contribution in [-0.2, 0) is 4.74 Å². The first-order valence-electron chi connectivity index (χ1n) is 4.61. The molecule has 2 radical (unpaired) electrons. The Morgan fingerprint density at radius 2 is 1.73 bits per heavy atom. The predicted molar refractivity (Wildman–Crippen MR) is 63.5 cm³/mol. The number of hydrogen-bond acceptors (Lipinski definition) is 3. The Kier molecular flexibility index (Phi) is 8.41. The Hall–Kier alpha value is -0.551. The van der Waals surface area contributed by atoms with Crippen LogP contribution >= 0.6 is 0 Å². The molecule has 0 aliphatic carbocycles. The molecule has 0 aliphatic heterocycles. The van der Waals surface area contributed by atoms with Gasteiger partial charge in [0, 0.05) is 0 Å². The molecule has 0 amide bonds. The van der Waals surface area contributed by atoms with Gasteiger partial charge in [-0.3, -0.25) is 0 Å². The first-order chi connectivity index (χ1) is 7.07. The molecule has 0 saturated carbocycles. The van der Waals surface area contributed by atoms with E-state index in [1.165, 1.54) is 0 Å². The maximum absolute atomic E-state index is 11.0. The second kappa shape index (κ2) is 8.73. The first kappa shape index (κ1) is 14.4. The summed E-state index contributed by atoms with van der Waals surface area (Å²) in [6.45, 7) is 0. The van der Waals surface area contributed by atoms with Crippen molar-refractivity contribution in [2.24, 2.45) is 0 Å². The van der Waals surface area contributed by atoms with E-state index in [1.807, 2.05) is 44.2 Å². The second-order valence-corrected chi connectivity index (χ2v) is 4.26. The molecular weight excluding hydrogens is 297 g/mol. The van der Waals surface area contributed by atoms with Crippen molar-refractivity contribution in [2.45, 2.75) is 0 Å². The van der Waals surface area contributed by atoms with Gasteiger partial charge in [-0.15, -0.1) is 0 Å². The van der Waals surface area contributed by atoms with Crippen LogP contribution in [0.4, 0.5) is 0 Å². The normalized spacial score (nSPS) is 9.13. The van der Waals surface area contributed by atoms with Crippen molar-refractivity contribution in [1.29, 1.82) is 0 Å². The van der Waals surface area contributed by atoms with Gasteiger partial charge in [-0.05, 0) is 21.1 Å². The van der Waals surface area contributed by atoms with Crippen LogP contribution in [0.3, 0.4) is 0 Å². The SMILES string of the molecule is CN(C)C.O=C(O[CH2][SnH])c1ccccc1. The third-order valence-electron chi connectivity index (χ3n) is 1.22. The van der Waals surface area contributed by atoms with Crippen molar-refractivity contribution in [1.82, 2.24) is 4.90 Å². The molecule has 0 saturated heterocycles. The van der Waals surface area contributed by atoms with Gasteiger partial charge in [-0.1, -0.05) is 0 Å². The second-order valence-electron chi connectivity index (χ2n) is 3.31. The van der Waals surface area contributed by atoms with E-state index in [0.717, 1.165) is 22.5 Å². The van der Waals surface area contributed by atoms with Crippen LogP contribution in [0, 0.1) is 0 Å². The Bertz CT molecular complexity index is 272. The summed E-state index contributed by atoms with van der Waals surface area (Å²) in [5.74, 6) is -0.224. The third kappa shape index (κ3) is 8.44. The maximum atomic E-state index is 11.0. The molecular formula is C11H17NO2Sn. The molecule has 0 fully saturated rings. The van der Waals surface area contributed by atoms with Gasteiger partial charge < -0.3 is 4.90 Å². The van der Waals surface area contributed by atoms with E-state index in [4.69, 9.17) is 4.74 Å². The van der Waals surface area contributed by atoms with Crippen LogP contribution < -0.4 is 0 Å². The fraction of sp³-hybridized carbons (Fsp3) is 0.364. The molecule has 15 heavy (non-hydrogen) atoms. The molecule has 0 unspecified atom stereocenters. The van der Waals surface area contributed by atoms with E-state index in [0.29, 0.717) is 10.2 Å². The molecule has 0 heterocycles. The van der Waals surface area contributed by atoms with Gasteiger partial charge in [0.15, 0.2) is 0 Å². The summed E-state index contributed by atoms with van der Waals surface area (Å²) >= 11 is 0.952. The molecule has 0 atom stereocenters. The van der Waals surface area contributed by atoms with Crippen molar-refractivity contribution in [3.05, 3.63) is 35.9 Å². The fourth-order valence-electron chi connectivity index (χ4n) is 0.733. The average Bonchev–Trinajstić information content (AvgIpc) is 2.19. The summed E-state index contributed by atoms with van der Waals surface area (Å²) in [7, 11) is 6.00. The molecule has 82 valence electrons. The number of hydrogen-bond donors (Lipinski definition) is 0. The van der Waals surface area contributed by atoms with Gasteiger partial charge in [0.1, 0.15) is 0 Å². The Labute approximate surface area is 105 Å². The summed E-state index contributed by atoms with van der Waals surface area (Å²) in [5.41, 5.74) is 0.627. The van der Waals surface area contributed by atoms with Crippen LogP contribution in [0.1, 0.15) is 10.4 Å². The van der Waals surface area contributed by atoms with Crippen molar-refractivity contribution in [2.75, 3.05) is 25.8 Å². The fourth-order valence-corrected chi connectivity index (χ4v) is 1.17. The zero-order valence-corrected chi connectivity index (χ0v) is 12.7.